The number of alkyl halides is 3. The maximum absolute atomic E-state index is 13.7. The van der Waals surface area contributed by atoms with Crippen molar-refractivity contribution in [1.29, 1.82) is 5.26 Å². The van der Waals surface area contributed by atoms with Crippen molar-refractivity contribution in [3.63, 3.8) is 0 Å². The molecule has 2 aromatic carbocycles. The van der Waals surface area contributed by atoms with Gasteiger partial charge in [-0.2, -0.15) is 18.4 Å². The first-order valence-electron chi connectivity index (χ1n) is 8.50. The fraction of sp³-hybridized carbons (Fsp3) is 0.316. The summed E-state index contributed by atoms with van der Waals surface area (Å²) < 4.78 is 79.3. The molecule has 0 saturated heterocycles. The number of hydrogen-bond donors (Lipinski definition) is 1. The van der Waals surface area contributed by atoms with E-state index in [-0.39, 0.29) is 30.6 Å². The quantitative estimate of drug-likeness (QED) is 0.429. The lowest BCUT2D eigenvalue weighted by Gasteiger charge is -2.19. The summed E-state index contributed by atoms with van der Waals surface area (Å²) in [6, 6.07) is 10.3. The van der Waals surface area contributed by atoms with Gasteiger partial charge in [0.25, 0.3) is 0 Å². The van der Waals surface area contributed by atoms with Crippen molar-refractivity contribution in [2.75, 3.05) is 5.75 Å². The highest BCUT2D eigenvalue weighted by Crippen LogP contribution is 2.29. The first kappa shape index (κ1) is 23.3. The molecule has 0 radical (unpaired) electrons. The molecule has 156 valence electrons. The molecule has 0 amide bonds. The average molecular weight is 448 g/mol. The molecule has 0 aromatic heterocycles. The van der Waals surface area contributed by atoms with Crippen molar-refractivity contribution in [3.8, 4) is 6.07 Å². The number of nitrogens with zero attached hydrogens (tertiary/aromatic N) is 1. The van der Waals surface area contributed by atoms with E-state index in [0.29, 0.717) is 10.5 Å². The van der Waals surface area contributed by atoms with Gasteiger partial charge in [0, 0.05) is 28.6 Å². The summed E-state index contributed by atoms with van der Waals surface area (Å²) >= 11 is -0.416. The predicted molar refractivity (Wildman–Crippen MR) is 102 cm³/mol. The third-order valence-electron chi connectivity index (χ3n) is 4.01. The molecule has 0 spiro atoms. The summed E-state index contributed by atoms with van der Waals surface area (Å²) in [6.07, 6.45) is 0.268. The summed E-state index contributed by atoms with van der Waals surface area (Å²) in [5, 5.41) is 8.78. The molecule has 1 N–H and O–H groups in total. The van der Waals surface area contributed by atoms with Crippen molar-refractivity contribution >= 4 is 22.7 Å². The van der Waals surface area contributed by atoms with Crippen LogP contribution >= 0.6 is 11.9 Å². The molecule has 3 nitrogen and oxygen atoms in total. The van der Waals surface area contributed by atoms with Gasteiger partial charge in [0.15, 0.2) is 0 Å². The van der Waals surface area contributed by atoms with Gasteiger partial charge in [-0.3, -0.25) is 8.93 Å². The minimum atomic E-state index is -4.51. The summed E-state index contributed by atoms with van der Waals surface area (Å²) in [5.41, 5.74) is -4.03. The Hall–Kier alpha value is -1.96. The second-order valence-electron chi connectivity index (χ2n) is 6.11. The Labute approximate surface area is 171 Å². The lowest BCUT2D eigenvalue weighted by atomic mass is 10.0. The monoisotopic (exact) mass is 448 g/mol. The Morgan fingerprint density at radius 2 is 1.79 bits per heavy atom. The van der Waals surface area contributed by atoms with Gasteiger partial charge in [-0.25, -0.2) is 8.78 Å². The van der Waals surface area contributed by atoms with Crippen LogP contribution in [0.15, 0.2) is 47.4 Å². The third-order valence-corrected chi connectivity index (χ3v) is 6.10. The van der Waals surface area contributed by atoms with E-state index in [9.17, 15) is 26.2 Å². The number of nitriles is 1. The molecule has 2 rings (SSSR count). The molecule has 0 saturated carbocycles. The maximum Gasteiger partial charge on any atom is 0.456 e. The lowest BCUT2D eigenvalue weighted by molar-refractivity contribution is -0.0338. The van der Waals surface area contributed by atoms with Crippen molar-refractivity contribution in [1.82, 2.24) is 4.72 Å². The van der Waals surface area contributed by atoms with Crippen molar-refractivity contribution in [2.45, 2.75) is 35.7 Å². The standard InChI is InChI=1S/C19H17F5N2OS2/c20-15-4-8-18(21)14(11-15)3-5-16(26-28-19(22,23)24)9-10-29(27)17-6-1-13(12-25)2-7-17/h1-2,4,6-8,11,16,26H,3,5,9-10H2. The Kier molecular flexibility index (Phi) is 8.61. The van der Waals surface area contributed by atoms with Crippen LogP contribution in [0.25, 0.3) is 0 Å². The molecule has 0 aliphatic heterocycles. The highest BCUT2D eigenvalue weighted by molar-refractivity contribution is 7.98. The fourth-order valence-electron chi connectivity index (χ4n) is 2.53. The molecular formula is C19H17F5N2OS2. The highest BCUT2D eigenvalue weighted by Gasteiger charge is 2.30. The molecular weight excluding hydrogens is 431 g/mol. The molecule has 2 aromatic rings. The van der Waals surface area contributed by atoms with Crippen LogP contribution in [0.5, 0.6) is 0 Å². The normalized spacial score (nSPS) is 13.7. The summed E-state index contributed by atoms with van der Waals surface area (Å²) in [7, 11) is -1.47. The molecule has 0 fully saturated rings. The van der Waals surface area contributed by atoms with Gasteiger partial charge in [-0.1, -0.05) is 0 Å². The largest absolute Gasteiger partial charge is 0.456 e. The van der Waals surface area contributed by atoms with Gasteiger partial charge in [0.2, 0.25) is 0 Å². The maximum atomic E-state index is 13.7. The smallest absolute Gasteiger partial charge is 0.254 e. The average Bonchev–Trinajstić information content (AvgIpc) is 2.68. The Morgan fingerprint density at radius 3 is 2.41 bits per heavy atom. The van der Waals surface area contributed by atoms with Crippen LogP contribution in [-0.4, -0.2) is 21.5 Å². The van der Waals surface area contributed by atoms with Gasteiger partial charge in [0.05, 0.1) is 22.4 Å². The first-order chi connectivity index (χ1) is 13.7. The van der Waals surface area contributed by atoms with Crippen LogP contribution in [0.4, 0.5) is 22.0 Å². The van der Waals surface area contributed by atoms with Crippen LogP contribution in [0, 0.1) is 23.0 Å². The molecule has 0 heterocycles. The van der Waals surface area contributed by atoms with E-state index in [1.807, 2.05) is 6.07 Å². The van der Waals surface area contributed by atoms with Crippen LogP contribution < -0.4 is 4.72 Å². The van der Waals surface area contributed by atoms with Gasteiger partial charge < -0.3 is 0 Å². The second kappa shape index (κ2) is 10.7. The number of hydrogen-bond acceptors (Lipinski definition) is 4. The zero-order chi connectivity index (χ0) is 21.4. The zero-order valence-electron chi connectivity index (χ0n) is 15.0. The van der Waals surface area contributed by atoms with Gasteiger partial charge in [-0.15, -0.1) is 0 Å². The van der Waals surface area contributed by atoms with E-state index in [1.54, 1.807) is 0 Å². The minimum Gasteiger partial charge on any atom is -0.254 e. The second-order valence-corrected chi connectivity index (χ2v) is 8.58. The Morgan fingerprint density at radius 1 is 1.10 bits per heavy atom. The van der Waals surface area contributed by atoms with E-state index >= 15 is 0 Å². The minimum absolute atomic E-state index is 0.0309. The van der Waals surface area contributed by atoms with Crippen LogP contribution in [0.1, 0.15) is 24.0 Å². The first-order valence-corrected chi connectivity index (χ1v) is 10.6. The topological polar surface area (TPSA) is 52.9 Å². The van der Waals surface area contributed by atoms with Crippen LogP contribution in [0.3, 0.4) is 0 Å². The summed E-state index contributed by atoms with van der Waals surface area (Å²) in [4.78, 5) is 0.461. The molecule has 10 heteroatoms. The van der Waals surface area contributed by atoms with Crippen LogP contribution in [0.2, 0.25) is 0 Å². The number of benzene rings is 2. The van der Waals surface area contributed by atoms with Gasteiger partial charge >= 0.3 is 5.51 Å². The number of nitrogens with one attached hydrogen (secondary N) is 1. The number of halogens is 5. The van der Waals surface area contributed by atoms with E-state index < -0.39 is 45.9 Å². The van der Waals surface area contributed by atoms with Gasteiger partial charge in [-0.05, 0) is 67.3 Å². The molecule has 29 heavy (non-hydrogen) atoms. The summed E-state index contributed by atoms with van der Waals surface area (Å²) in [5.74, 6) is -1.18. The molecule has 0 aliphatic carbocycles. The fourth-order valence-corrected chi connectivity index (χ4v) is 4.24. The van der Waals surface area contributed by atoms with Gasteiger partial charge in [0.1, 0.15) is 11.6 Å². The number of aryl methyl sites for hydroxylation is 1. The summed E-state index contributed by atoms with van der Waals surface area (Å²) in [6.45, 7) is 0. The molecule has 2 unspecified atom stereocenters. The van der Waals surface area contributed by atoms with E-state index in [0.717, 1.165) is 18.2 Å². The SMILES string of the molecule is N#Cc1ccc(S(=O)CCC(CCc2cc(F)ccc2F)NSC(F)(F)F)cc1. The van der Waals surface area contributed by atoms with Crippen molar-refractivity contribution in [2.24, 2.45) is 0 Å². The van der Waals surface area contributed by atoms with E-state index in [4.69, 9.17) is 5.26 Å². The van der Waals surface area contributed by atoms with E-state index in [1.165, 1.54) is 24.3 Å². The lowest BCUT2D eigenvalue weighted by Crippen LogP contribution is -2.29. The van der Waals surface area contributed by atoms with Crippen LogP contribution in [-0.2, 0) is 17.2 Å². The molecule has 2 atom stereocenters. The number of rotatable bonds is 9. The predicted octanol–water partition coefficient (Wildman–Crippen LogP) is 5.09. The van der Waals surface area contributed by atoms with E-state index in [2.05, 4.69) is 4.72 Å². The molecule has 0 aliphatic rings. The molecule has 0 bridgehead atoms. The van der Waals surface area contributed by atoms with Crippen molar-refractivity contribution < 1.29 is 26.2 Å². The zero-order valence-corrected chi connectivity index (χ0v) is 16.6. The third kappa shape index (κ3) is 8.12. The Balaban J connectivity index is 1.99. The Bertz CT molecular complexity index is 882. The highest BCUT2D eigenvalue weighted by atomic mass is 32.2. The van der Waals surface area contributed by atoms with Crippen molar-refractivity contribution in [3.05, 3.63) is 65.2 Å².